The van der Waals surface area contributed by atoms with Crippen LogP contribution in [0.25, 0.3) is 11.0 Å². The molecule has 0 spiro atoms. The molecule has 0 saturated carbocycles. The van der Waals surface area contributed by atoms with Crippen LogP contribution in [0, 0.1) is 0 Å². The van der Waals surface area contributed by atoms with E-state index in [0.29, 0.717) is 36.7 Å². The summed E-state index contributed by atoms with van der Waals surface area (Å²) in [5.41, 5.74) is 7.90. The van der Waals surface area contributed by atoms with Crippen molar-refractivity contribution in [1.82, 2.24) is 14.5 Å². The average Bonchev–Trinajstić information content (AvgIpc) is 2.90. The first kappa shape index (κ1) is 15.3. The largest absolute Gasteiger partial charge is 0.490 e. The molecule has 0 aliphatic carbocycles. The van der Waals surface area contributed by atoms with Crippen molar-refractivity contribution in [1.29, 1.82) is 0 Å². The van der Waals surface area contributed by atoms with Gasteiger partial charge in [0, 0.05) is 6.07 Å². The molecule has 4 bridgehead atoms. The summed E-state index contributed by atoms with van der Waals surface area (Å²) in [7, 11) is 0. The lowest BCUT2D eigenvalue weighted by molar-refractivity contribution is 0.312. The molecule has 128 valence electrons. The molecular formula is C18H18N4O3. The molecule has 2 aromatic heterocycles. The molecule has 1 aromatic carbocycles. The second-order valence-electron chi connectivity index (χ2n) is 5.82. The van der Waals surface area contributed by atoms with Crippen LogP contribution in [-0.4, -0.2) is 27.7 Å². The average molecular weight is 338 g/mol. The van der Waals surface area contributed by atoms with Crippen LogP contribution in [0.3, 0.4) is 0 Å². The maximum absolute atomic E-state index is 12.4. The third kappa shape index (κ3) is 3.08. The summed E-state index contributed by atoms with van der Waals surface area (Å²) in [6.07, 6.45) is 4.68. The van der Waals surface area contributed by atoms with Gasteiger partial charge < -0.3 is 20.2 Å². The Bertz CT molecular complexity index is 1000. The molecule has 0 unspecified atom stereocenters. The van der Waals surface area contributed by atoms with Crippen molar-refractivity contribution in [3.8, 4) is 11.6 Å². The fourth-order valence-electron chi connectivity index (χ4n) is 2.86. The molecule has 0 radical (unpaired) electrons. The van der Waals surface area contributed by atoms with E-state index in [4.69, 9.17) is 15.2 Å². The number of nitrogens with zero attached hydrogens (tertiary/aromatic N) is 2. The van der Waals surface area contributed by atoms with E-state index in [-0.39, 0.29) is 11.5 Å². The Balaban J connectivity index is 1.84. The lowest BCUT2D eigenvalue weighted by atomic mass is 10.2. The summed E-state index contributed by atoms with van der Waals surface area (Å²) in [6.45, 7) is 1.35. The van der Waals surface area contributed by atoms with Crippen LogP contribution in [0.2, 0.25) is 0 Å². The molecule has 1 aliphatic heterocycles. The van der Waals surface area contributed by atoms with Crippen LogP contribution in [0.4, 0.5) is 5.82 Å². The maximum atomic E-state index is 12.4. The zero-order chi connectivity index (χ0) is 17.2. The number of rotatable bonds is 0. The number of fused-ring (bicyclic) bond motifs is 3. The smallest absolute Gasteiger partial charge is 0.326 e. The Morgan fingerprint density at radius 2 is 2.12 bits per heavy atom. The minimum Gasteiger partial charge on any atom is -0.490 e. The number of nitrogen functional groups attached to an aromatic ring is 1. The number of nitrogens with one attached hydrogen (secondary N) is 1. The summed E-state index contributed by atoms with van der Waals surface area (Å²) in [5, 5.41) is 0. The highest BCUT2D eigenvalue weighted by molar-refractivity contribution is 5.85. The molecule has 0 atom stereocenters. The number of ether oxygens (including phenoxy) is 2. The molecule has 3 aromatic rings. The molecular weight excluding hydrogens is 320 g/mol. The van der Waals surface area contributed by atoms with Gasteiger partial charge in [-0.2, -0.15) is 4.98 Å². The molecule has 0 fully saturated rings. The van der Waals surface area contributed by atoms with Crippen molar-refractivity contribution < 1.29 is 9.47 Å². The molecule has 25 heavy (non-hydrogen) atoms. The van der Waals surface area contributed by atoms with E-state index < -0.39 is 0 Å². The summed E-state index contributed by atoms with van der Waals surface area (Å²) in [4.78, 5) is 19.4. The van der Waals surface area contributed by atoms with Crippen LogP contribution in [0.15, 0.2) is 47.3 Å². The Morgan fingerprint density at radius 3 is 3.04 bits per heavy atom. The van der Waals surface area contributed by atoms with Crippen molar-refractivity contribution in [2.45, 2.75) is 13.0 Å². The molecule has 0 saturated heterocycles. The number of pyridine rings is 1. The standard InChI is InChI=1S/C18H18N4O3/c19-17-16-14-10-15(20-17)25-8-3-1-2-7-24-13-6-4-5-12(9-13)11-22(14)18(23)21-16/h1-2,4-6,9-10H,3,7-8,11H2,(H2,19,20)(H,21,23). The molecule has 3 heterocycles. The van der Waals surface area contributed by atoms with Gasteiger partial charge in [-0.15, -0.1) is 0 Å². The number of H-pyrrole nitrogens is 1. The number of hydrogen-bond donors (Lipinski definition) is 2. The van der Waals surface area contributed by atoms with E-state index in [9.17, 15) is 4.79 Å². The Kier molecular flexibility index (Phi) is 3.89. The third-order valence-electron chi connectivity index (χ3n) is 4.06. The van der Waals surface area contributed by atoms with Gasteiger partial charge in [0.05, 0.1) is 18.7 Å². The fraction of sp³-hybridized carbons (Fsp3) is 0.222. The van der Waals surface area contributed by atoms with Crippen molar-refractivity contribution >= 4 is 16.9 Å². The van der Waals surface area contributed by atoms with E-state index in [0.717, 1.165) is 17.7 Å². The second-order valence-corrected chi connectivity index (χ2v) is 5.82. The predicted molar refractivity (Wildman–Crippen MR) is 95.1 cm³/mol. The van der Waals surface area contributed by atoms with Gasteiger partial charge in [-0.3, -0.25) is 4.57 Å². The zero-order valence-electron chi connectivity index (χ0n) is 13.6. The van der Waals surface area contributed by atoms with E-state index in [2.05, 4.69) is 9.97 Å². The molecule has 7 nitrogen and oxygen atoms in total. The monoisotopic (exact) mass is 338 g/mol. The zero-order valence-corrected chi connectivity index (χ0v) is 13.6. The first-order chi connectivity index (χ1) is 12.2. The van der Waals surface area contributed by atoms with Crippen molar-refractivity contribution in [3.63, 3.8) is 0 Å². The van der Waals surface area contributed by atoms with Crippen molar-refractivity contribution in [2.75, 3.05) is 18.9 Å². The van der Waals surface area contributed by atoms with Gasteiger partial charge in [0.15, 0.2) is 5.82 Å². The minimum atomic E-state index is -0.238. The van der Waals surface area contributed by atoms with Gasteiger partial charge in [0.1, 0.15) is 17.9 Å². The number of nitrogens with two attached hydrogens (primary N) is 1. The van der Waals surface area contributed by atoms with Crippen LogP contribution in [0.5, 0.6) is 11.6 Å². The topological polar surface area (TPSA) is 95.2 Å². The Hall–Kier alpha value is -3.22. The number of anilines is 1. The van der Waals surface area contributed by atoms with E-state index in [1.54, 1.807) is 10.6 Å². The first-order valence-corrected chi connectivity index (χ1v) is 8.09. The molecule has 4 rings (SSSR count). The number of benzene rings is 1. The van der Waals surface area contributed by atoms with E-state index >= 15 is 0 Å². The number of aromatic nitrogens is 3. The van der Waals surface area contributed by atoms with Crippen molar-refractivity contribution in [3.05, 3.63) is 58.5 Å². The first-order valence-electron chi connectivity index (χ1n) is 8.09. The fourth-order valence-corrected chi connectivity index (χ4v) is 2.86. The molecule has 1 aliphatic rings. The van der Waals surface area contributed by atoms with Gasteiger partial charge in [0.25, 0.3) is 0 Å². The quantitative estimate of drug-likeness (QED) is 0.612. The Morgan fingerprint density at radius 1 is 1.20 bits per heavy atom. The van der Waals surface area contributed by atoms with Crippen LogP contribution < -0.4 is 20.9 Å². The lowest BCUT2D eigenvalue weighted by Gasteiger charge is -2.08. The van der Waals surface area contributed by atoms with Gasteiger partial charge in [-0.1, -0.05) is 24.3 Å². The third-order valence-corrected chi connectivity index (χ3v) is 4.06. The van der Waals surface area contributed by atoms with E-state index in [1.165, 1.54) is 0 Å². The summed E-state index contributed by atoms with van der Waals surface area (Å²) in [5.74, 6) is 1.43. The lowest BCUT2D eigenvalue weighted by Crippen LogP contribution is -2.17. The highest BCUT2D eigenvalue weighted by Crippen LogP contribution is 2.23. The molecule has 0 amide bonds. The van der Waals surface area contributed by atoms with Gasteiger partial charge in [0.2, 0.25) is 5.88 Å². The SMILES string of the molecule is Nc1nc2cc3c1[nH]c(=O)n3Cc1cccc(c1)OCC=CCCO2. The van der Waals surface area contributed by atoms with Gasteiger partial charge >= 0.3 is 5.69 Å². The summed E-state index contributed by atoms with van der Waals surface area (Å²) < 4.78 is 13.0. The minimum absolute atomic E-state index is 0.238. The highest BCUT2D eigenvalue weighted by atomic mass is 16.5. The van der Waals surface area contributed by atoms with Gasteiger partial charge in [-0.05, 0) is 24.1 Å². The van der Waals surface area contributed by atoms with Gasteiger partial charge in [-0.25, -0.2) is 4.79 Å². The number of hydrogen-bond acceptors (Lipinski definition) is 5. The molecule has 7 heteroatoms. The van der Waals surface area contributed by atoms with E-state index in [1.807, 2.05) is 36.4 Å². The number of imidazole rings is 1. The van der Waals surface area contributed by atoms with Crippen molar-refractivity contribution in [2.24, 2.45) is 0 Å². The normalized spacial score (nSPS) is 14.6. The maximum Gasteiger partial charge on any atom is 0.326 e. The summed E-state index contributed by atoms with van der Waals surface area (Å²) in [6, 6.07) is 9.44. The highest BCUT2D eigenvalue weighted by Gasteiger charge is 2.13. The van der Waals surface area contributed by atoms with Crippen LogP contribution in [0.1, 0.15) is 12.0 Å². The second kappa shape index (κ2) is 6.35. The Labute approximate surface area is 143 Å². The molecule has 3 N–H and O–H groups in total. The predicted octanol–water partition coefficient (Wildman–Crippen LogP) is 2.07. The summed E-state index contributed by atoms with van der Waals surface area (Å²) >= 11 is 0. The van der Waals surface area contributed by atoms with Crippen LogP contribution in [-0.2, 0) is 6.54 Å². The van der Waals surface area contributed by atoms with Crippen LogP contribution >= 0.6 is 0 Å². The number of aromatic amines is 1.